The van der Waals surface area contributed by atoms with Gasteiger partial charge < -0.3 is 14.2 Å². The zero-order valence-corrected chi connectivity index (χ0v) is 14.8. The van der Waals surface area contributed by atoms with Crippen LogP contribution in [0.5, 0.6) is 17.2 Å². The summed E-state index contributed by atoms with van der Waals surface area (Å²) in [5.41, 5.74) is 5.49. The molecule has 0 aromatic heterocycles. The van der Waals surface area contributed by atoms with E-state index in [2.05, 4.69) is 10.5 Å². The van der Waals surface area contributed by atoms with Gasteiger partial charge in [0.1, 0.15) is 5.75 Å². The summed E-state index contributed by atoms with van der Waals surface area (Å²) in [5, 5.41) is 3.92. The van der Waals surface area contributed by atoms with Crippen LogP contribution in [0.3, 0.4) is 0 Å². The van der Waals surface area contributed by atoms with Crippen LogP contribution in [0.2, 0.25) is 0 Å². The SMILES string of the molecule is COc1ccc(/C=N/NC(=O)COc2ccc(C)c(C)c2)cc1OC. The highest BCUT2D eigenvalue weighted by Gasteiger charge is 2.04. The van der Waals surface area contributed by atoms with Gasteiger partial charge in [0.25, 0.3) is 5.91 Å². The third-order valence-corrected chi connectivity index (χ3v) is 3.66. The smallest absolute Gasteiger partial charge is 0.277 e. The number of amides is 1. The Morgan fingerprint density at radius 3 is 2.48 bits per heavy atom. The third-order valence-electron chi connectivity index (χ3n) is 3.66. The molecule has 2 aromatic carbocycles. The number of hydrogen-bond acceptors (Lipinski definition) is 5. The zero-order chi connectivity index (χ0) is 18.2. The topological polar surface area (TPSA) is 69.2 Å². The normalized spacial score (nSPS) is 10.6. The van der Waals surface area contributed by atoms with Gasteiger partial charge in [-0.3, -0.25) is 4.79 Å². The van der Waals surface area contributed by atoms with Crippen molar-refractivity contribution in [2.24, 2.45) is 5.10 Å². The van der Waals surface area contributed by atoms with Gasteiger partial charge in [-0.15, -0.1) is 0 Å². The van der Waals surface area contributed by atoms with E-state index in [1.807, 2.05) is 38.1 Å². The molecule has 0 radical (unpaired) electrons. The average Bonchev–Trinajstić information content (AvgIpc) is 2.62. The van der Waals surface area contributed by atoms with E-state index in [0.717, 1.165) is 11.1 Å². The van der Waals surface area contributed by atoms with Gasteiger partial charge in [0.2, 0.25) is 0 Å². The van der Waals surface area contributed by atoms with Gasteiger partial charge in [-0.25, -0.2) is 5.43 Å². The molecular weight excluding hydrogens is 320 g/mol. The Bertz CT molecular complexity index is 772. The van der Waals surface area contributed by atoms with Gasteiger partial charge in [-0.1, -0.05) is 6.07 Å². The molecule has 0 bridgehead atoms. The summed E-state index contributed by atoms with van der Waals surface area (Å²) in [4.78, 5) is 11.8. The molecule has 1 amide bonds. The second-order valence-electron chi connectivity index (χ2n) is 5.44. The predicted octanol–water partition coefficient (Wildman–Crippen LogP) is 2.85. The summed E-state index contributed by atoms with van der Waals surface area (Å²) in [6.45, 7) is 3.91. The number of nitrogens with one attached hydrogen (secondary N) is 1. The van der Waals surface area contributed by atoms with Crippen LogP contribution in [-0.4, -0.2) is 32.9 Å². The summed E-state index contributed by atoms with van der Waals surface area (Å²) >= 11 is 0. The first-order chi connectivity index (χ1) is 12.0. The van der Waals surface area contributed by atoms with Gasteiger partial charge >= 0.3 is 0 Å². The van der Waals surface area contributed by atoms with E-state index in [4.69, 9.17) is 14.2 Å². The molecule has 0 fully saturated rings. The molecule has 0 unspecified atom stereocenters. The van der Waals surface area contributed by atoms with Crippen molar-refractivity contribution >= 4 is 12.1 Å². The minimum absolute atomic E-state index is 0.105. The van der Waals surface area contributed by atoms with Crippen LogP contribution < -0.4 is 19.6 Å². The van der Waals surface area contributed by atoms with E-state index in [0.29, 0.717) is 17.2 Å². The maximum atomic E-state index is 11.8. The molecule has 0 saturated carbocycles. The van der Waals surface area contributed by atoms with Gasteiger partial charge in [-0.2, -0.15) is 5.10 Å². The molecular formula is C19H22N2O4. The summed E-state index contributed by atoms with van der Waals surface area (Å²) in [6, 6.07) is 11.0. The Morgan fingerprint density at radius 2 is 1.80 bits per heavy atom. The van der Waals surface area contributed by atoms with Crippen molar-refractivity contribution in [2.75, 3.05) is 20.8 Å². The van der Waals surface area contributed by atoms with E-state index in [-0.39, 0.29) is 12.5 Å². The molecule has 0 aliphatic rings. The number of carbonyl (C=O) groups is 1. The standard InChI is InChI=1S/C19H22N2O4/c1-13-5-7-16(9-14(13)2)25-12-19(22)21-20-11-15-6-8-17(23-3)18(10-15)24-4/h5-11H,12H2,1-4H3,(H,21,22)/b20-11+. The van der Waals surface area contributed by atoms with Crippen LogP contribution in [0.4, 0.5) is 0 Å². The number of carbonyl (C=O) groups excluding carboxylic acids is 1. The Hall–Kier alpha value is -3.02. The number of rotatable bonds is 7. The van der Waals surface area contributed by atoms with Crippen LogP contribution in [0.15, 0.2) is 41.5 Å². The fourth-order valence-electron chi connectivity index (χ4n) is 2.10. The molecule has 0 spiro atoms. The minimum atomic E-state index is -0.338. The van der Waals surface area contributed by atoms with Crippen molar-refractivity contribution in [3.8, 4) is 17.2 Å². The van der Waals surface area contributed by atoms with Crippen molar-refractivity contribution in [1.82, 2.24) is 5.43 Å². The van der Waals surface area contributed by atoms with Crippen molar-refractivity contribution in [3.05, 3.63) is 53.1 Å². The van der Waals surface area contributed by atoms with Gasteiger partial charge in [0.15, 0.2) is 18.1 Å². The number of benzene rings is 2. The lowest BCUT2D eigenvalue weighted by Crippen LogP contribution is -2.24. The number of aryl methyl sites for hydroxylation is 2. The molecule has 0 aliphatic carbocycles. The predicted molar refractivity (Wildman–Crippen MR) is 96.7 cm³/mol. The van der Waals surface area contributed by atoms with Crippen LogP contribution in [-0.2, 0) is 4.79 Å². The van der Waals surface area contributed by atoms with Crippen LogP contribution >= 0.6 is 0 Å². The van der Waals surface area contributed by atoms with E-state index >= 15 is 0 Å². The average molecular weight is 342 g/mol. The summed E-state index contributed by atoms with van der Waals surface area (Å²) < 4.78 is 15.8. The first kappa shape index (κ1) is 18.3. The largest absolute Gasteiger partial charge is 0.493 e. The van der Waals surface area contributed by atoms with Crippen LogP contribution in [0.1, 0.15) is 16.7 Å². The Balaban J connectivity index is 1.86. The van der Waals surface area contributed by atoms with Crippen molar-refractivity contribution < 1.29 is 19.0 Å². The second kappa shape index (κ2) is 8.73. The summed E-state index contributed by atoms with van der Waals surface area (Å²) in [5.74, 6) is 1.54. The Labute approximate surface area is 147 Å². The summed E-state index contributed by atoms with van der Waals surface area (Å²) in [7, 11) is 3.13. The second-order valence-corrected chi connectivity index (χ2v) is 5.44. The highest BCUT2D eigenvalue weighted by atomic mass is 16.5. The number of methoxy groups -OCH3 is 2. The van der Waals surface area contributed by atoms with Crippen LogP contribution in [0, 0.1) is 13.8 Å². The van der Waals surface area contributed by atoms with Crippen LogP contribution in [0.25, 0.3) is 0 Å². The third kappa shape index (κ3) is 5.24. The number of hydrazone groups is 1. The van der Waals surface area contributed by atoms with E-state index in [1.165, 1.54) is 11.8 Å². The van der Waals surface area contributed by atoms with Gasteiger partial charge in [0, 0.05) is 0 Å². The van der Waals surface area contributed by atoms with Gasteiger partial charge in [-0.05, 0) is 60.9 Å². The van der Waals surface area contributed by atoms with Crippen molar-refractivity contribution in [2.45, 2.75) is 13.8 Å². The lowest BCUT2D eigenvalue weighted by atomic mass is 10.1. The lowest BCUT2D eigenvalue weighted by Gasteiger charge is -2.08. The molecule has 25 heavy (non-hydrogen) atoms. The quantitative estimate of drug-likeness (QED) is 0.620. The Morgan fingerprint density at radius 1 is 1.04 bits per heavy atom. The number of nitrogens with zero attached hydrogens (tertiary/aromatic N) is 1. The lowest BCUT2D eigenvalue weighted by molar-refractivity contribution is -0.123. The fourth-order valence-corrected chi connectivity index (χ4v) is 2.10. The molecule has 6 heteroatoms. The maximum Gasteiger partial charge on any atom is 0.277 e. The fraction of sp³-hybridized carbons (Fsp3) is 0.263. The summed E-state index contributed by atoms with van der Waals surface area (Å²) in [6.07, 6.45) is 1.52. The van der Waals surface area contributed by atoms with E-state index in [9.17, 15) is 4.79 Å². The molecule has 2 rings (SSSR count). The molecule has 0 aliphatic heterocycles. The number of hydrogen-bond donors (Lipinski definition) is 1. The number of ether oxygens (including phenoxy) is 3. The van der Waals surface area contributed by atoms with E-state index in [1.54, 1.807) is 26.4 Å². The van der Waals surface area contributed by atoms with Crippen molar-refractivity contribution in [3.63, 3.8) is 0 Å². The molecule has 0 saturated heterocycles. The molecule has 0 heterocycles. The minimum Gasteiger partial charge on any atom is -0.493 e. The highest BCUT2D eigenvalue weighted by Crippen LogP contribution is 2.26. The first-order valence-corrected chi connectivity index (χ1v) is 7.77. The molecule has 132 valence electrons. The van der Waals surface area contributed by atoms with Crippen molar-refractivity contribution in [1.29, 1.82) is 0 Å². The molecule has 2 aromatic rings. The maximum absolute atomic E-state index is 11.8. The molecule has 0 atom stereocenters. The van der Waals surface area contributed by atoms with Gasteiger partial charge in [0.05, 0.1) is 20.4 Å². The highest BCUT2D eigenvalue weighted by molar-refractivity contribution is 5.83. The molecule has 1 N–H and O–H groups in total. The van der Waals surface area contributed by atoms with E-state index < -0.39 is 0 Å². The molecule has 6 nitrogen and oxygen atoms in total. The Kier molecular flexibility index (Phi) is 6.39. The monoisotopic (exact) mass is 342 g/mol. The zero-order valence-electron chi connectivity index (χ0n) is 14.8. The first-order valence-electron chi connectivity index (χ1n) is 7.77.